The largest absolute Gasteiger partial charge is 0.497 e. The standard InChI is InChI=1S/C15H17N3O3/c1-16-12-6-7-17-9-11(12)15(19)18-13-8-10(20-2)4-5-14(13)21-3/h4-9H,1-3H3,(H,16,17)(H,18,19). The number of benzene rings is 1. The quantitative estimate of drug-likeness (QED) is 0.883. The summed E-state index contributed by atoms with van der Waals surface area (Å²) in [5.41, 5.74) is 1.68. The van der Waals surface area contributed by atoms with Crippen LogP contribution in [0.25, 0.3) is 0 Å². The van der Waals surface area contributed by atoms with Gasteiger partial charge in [0.1, 0.15) is 11.5 Å². The number of methoxy groups -OCH3 is 2. The van der Waals surface area contributed by atoms with E-state index in [1.165, 1.54) is 6.20 Å². The van der Waals surface area contributed by atoms with Crippen molar-refractivity contribution in [2.45, 2.75) is 0 Å². The summed E-state index contributed by atoms with van der Waals surface area (Å²) in [5, 5.41) is 5.76. The van der Waals surface area contributed by atoms with Gasteiger partial charge in [0.2, 0.25) is 0 Å². The lowest BCUT2D eigenvalue weighted by atomic mass is 10.2. The number of nitrogens with one attached hydrogen (secondary N) is 2. The minimum absolute atomic E-state index is 0.279. The lowest BCUT2D eigenvalue weighted by Gasteiger charge is -2.13. The maximum Gasteiger partial charge on any atom is 0.259 e. The Hall–Kier alpha value is -2.76. The molecular formula is C15H17N3O3. The Labute approximate surface area is 123 Å². The summed E-state index contributed by atoms with van der Waals surface area (Å²) >= 11 is 0. The number of rotatable bonds is 5. The second-order valence-corrected chi connectivity index (χ2v) is 4.19. The molecule has 2 aromatic rings. The Balaban J connectivity index is 2.30. The molecule has 6 nitrogen and oxygen atoms in total. The Morgan fingerprint density at radius 2 is 1.95 bits per heavy atom. The fourth-order valence-electron chi connectivity index (χ4n) is 1.89. The smallest absolute Gasteiger partial charge is 0.259 e. The van der Waals surface area contributed by atoms with Gasteiger partial charge in [-0.25, -0.2) is 0 Å². The molecule has 0 atom stereocenters. The van der Waals surface area contributed by atoms with Crippen LogP contribution in [0.2, 0.25) is 0 Å². The van der Waals surface area contributed by atoms with Crippen molar-refractivity contribution in [2.75, 3.05) is 31.9 Å². The number of carbonyl (C=O) groups is 1. The lowest BCUT2D eigenvalue weighted by molar-refractivity contribution is 0.102. The Morgan fingerprint density at radius 1 is 1.14 bits per heavy atom. The average Bonchev–Trinajstić information content (AvgIpc) is 2.54. The van der Waals surface area contributed by atoms with Gasteiger partial charge in [-0.2, -0.15) is 0 Å². The SMILES string of the molecule is CNc1ccncc1C(=O)Nc1cc(OC)ccc1OC. The normalized spacial score (nSPS) is 9.86. The van der Waals surface area contributed by atoms with Crippen LogP contribution in [0.5, 0.6) is 11.5 Å². The molecule has 110 valence electrons. The molecule has 0 aliphatic rings. The van der Waals surface area contributed by atoms with E-state index >= 15 is 0 Å². The van der Waals surface area contributed by atoms with E-state index in [1.807, 2.05) is 0 Å². The van der Waals surface area contributed by atoms with Crippen molar-refractivity contribution in [2.24, 2.45) is 0 Å². The van der Waals surface area contributed by atoms with Crippen LogP contribution in [-0.2, 0) is 0 Å². The van der Waals surface area contributed by atoms with E-state index in [0.717, 1.165) is 0 Å². The van der Waals surface area contributed by atoms with E-state index in [2.05, 4.69) is 15.6 Å². The molecule has 21 heavy (non-hydrogen) atoms. The molecule has 1 amide bonds. The predicted octanol–water partition coefficient (Wildman–Crippen LogP) is 2.39. The molecule has 0 fully saturated rings. The van der Waals surface area contributed by atoms with E-state index in [1.54, 1.807) is 51.7 Å². The first-order valence-corrected chi connectivity index (χ1v) is 6.34. The highest BCUT2D eigenvalue weighted by Gasteiger charge is 2.14. The van der Waals surface area contributed by atoms with Crippen molar-refractivity contribution in [3.05, 3.63) is 42.2 Å². The van der Waals surface area contributed by atoms with Gasteiger partial charge in [0.05, 0.1) is 25.5 Å². The van der Waals surface area contributed by atoms with Crippen molar-refractivity contribution < 1.29 is 14.3 Å². The first-order valence-electron chi connectivity index (χ1n) is 6.34. The third kappa shape index (κ3) is 3.22. The van der Waals surface area contributed by atoms with Crippen LogP contribution in [0.15, 0.2) is 36.7 Å². The van der Waals surface area contributed by atoms with Crippen LogP contribution in [0.3, 0.4) is 0 Å². The van der Waals surface area contributed by atoms with Crippen molar-refractivity contribution in [1.82, 2.24) is 4.98 Å². The lowest BCUT2D eigenvalue weighted by Crippen LogP contribution is -2.15. The summed E-state index contributed by atoms with van der Waals surface area (Å²) in [6.07, 6.45) is 3.13. The van der Waals surface area contributed by atoms with Crippen LogP contribution in [0.1, 0.15) is 10.4 Å². The maximum absolute atomic E-state index is 12.4. The minimum Gasteiger partial charge on any atom is -0.497 e. The molecule has 0 saturated carbocycles. The van der Waals surface area contributed by atoms with E-state index < -0.39 is 0 Å². The van der Waals surface area contributed by atoms with E-state index in [0.29, 0.717) is 28.4 Å². The van der Waals surface area contributed by atoms with Crippen LogP contribution in [0.4, 0.5) is 11.4 Å². The number of carbonyl (C=O) groups excluding carboxylic acids is 1. The second-order valence-electron chi connectivity index (χ2n) is 4.19. The first-order chi connectivity index (χ1) is 10.2. The van der Waals surface area contributed by atoms with Crippen LogP contribution in [0, 0.1) is 0 Å². The fourth-order valence-corrected chi connectivity index (χ4v) is 1.89. The molecule has 0 aliphatic carbocycles. The molecule has 0 saturated heterocycles. The van der Waals surface area contributed by atoms with Gasteiger partial charge >= 0.3 is 0 Å². The van der Waals surface area contributed by atoms with E-state index in [4.69, 9.17) is 9.47 Å². The summed E-state index contributed by atoms with van der Waals surface area (Å²) in [6.45, 7) is 0. The summed E-state index contributed by atoms with van der Waals surface area (Å²) in [6, 6.07) is 6.93. The van der Waals surface area contributed by atoms with Gasteiger partial charge in [-0.3, -0.25) is 9.78 Å². The zero-order valence-corrected chi connectivity index (χ0v) is 12.1. The third-order valence-electron chi connectivity index (χ3n) is 2.99. The minimum atomic E-state index is -0.279. The fraction of sp³-hybridized carbons (Fsp3) is 0.200. The molecule has 2 N–H and O–H groups in total. The van der Waals surface area contributed by atoms with E-state index in [-0.39, 0.29) is 5.91 Å². The van der Waals surface area contributed by atoms with Crippen molar-refractivity contribution in [3.63, 3.8) is 0 Å². The van der Waals surface area contributed by atoms with Crippen LogP contribution in [-0.4, -0.2) is 32.2 Å². The molecule has 1 aromatic heterocycles. The highest BCUT2D eigenvalue weighted by Crippen LogP contribution is 2.29. The van der Waals surface area contributed by atoms with Crippen molar-refractivity contribution >= 4 is 17.3 Å². The predicted molar refractivity (Wildman–Crippen MR) is 81.3 cm³/mol. The number of aromatic nitrogens is 1. The van der Waals surface area contributed by atoms with Crippen molar-refractivity contribution in [1.29, 1.82) is 0 Å². The number of nitrogens with zero attached hydrogens (tertiary/aromatic N) is 1. The number of hydrogen-bond acceptors (Lipinski definition) is 5. The van der Waals surface area contributed by atoms with Gasteiger partial charge in [-0.15, -0.1) is 0 Å². The third-order valence-corrected chi connectivity index (χ3v) is 2.99. The molecule has 0 unspecified atom stereocenters. The molecule has 0 radical (unpaired) electrons. The number of pyridine rings is 1. The Bertz CT molecular complexity index is 644. The van der Waals surface area contributed by atoms with Gasteiger partial charge in [0, 0.05) is 31.2 Å². The summed E-state index contributed by atoms with van der Waals surface area (Å²) < 4.78 is 10.4. The molecule has 1 heterocycles. The zero-order chi connectivity index (χ0) is 15.2. The summed E-state index contributed by atoms with van der Waals surface area (Å²) in [5.74, 6) is 0.907. The van der Waals surface area contributed by atoms with Gasteiger partial charge in [-0.05, 0) is 18.2 Å². The zero-order valence-electron chi connectivity index (χ0n) is 12.1. The van der Waals surface area contributed by atoms with Gasteiger partial charge in [0.25, 0.3) is 5.91 Å². The monoisotopic (exact) mass is 287 g/mol. The topological polar surface area (TPSA) is 72.5 Å². The average molecular weight is 287 g/mol. The molecule has 6 heteroatoms. The Morgan fingerprint density at radius 3 is 2.62 bits per heavy atom. The number of anilines is 2. The highest BCUT2D eigenvalue weighted by molar-refractivity contribution is 6.08. The summed E-state index contributed by atoms with van der Waals surface area (Å²) in [7, 11) is 4.85. The van der Waals surface area contributed by atoms with Crippen LogP contribution >= 0.6 is 0 Å². The van der Waals surface area contributed by atoms with Crippen molar-refractivity contribution in [3.8, 4) is 11.5 Å². The summed E-state index contributed by atoms with van der Waals surface area (Å²) in [4.78, 5) is 16.3. The molecule has 1 aromatic carbocycles. The first kappa shape index (κ1) is 14.6. The van der Waals surface area contributed by atoms with Crippen LogP contribution < -0.4 is 20.1 Å². The molecule has 0 aliphatic heterocycles. The second kappa shape index (κ2) is 6.60. The van der Waals surface area contributed by atoms with E-state index in [9.17, 15) is 4.79 Å². The molecular weight excluding hydrogens is 270 g/mol. The molecule has 0 bridgehead atoms. The van der Waals surface area contributed by atoms with Gasteiger partial charge in [0.15, 0.2) is 0 Å². The molecule has 0 spiro atoms. The van der Waals surface area contributed by atoms with Gasteiger partial charge < -0.3 is 20.1 Å². The van der Waals surface area contributed by atoms with Gasteiger partial charge in [-0.1, -0.05) is 0 Å². The Kier molecular flexibility index (Phi) is 4.61. The number of amides is 1. The highest BCUT2D eigenvalue weighted by atomic mass is 16.5. The maximum atomic E-state index is 12.4. The number of ether oxygens (including phenoxy) is 2. The molecule has 2 rings (SSSR count). The number of hydrogen-bond donors (Lipinski definition) is 2.